The second-order valence-corrected chi connectivity index (χ2v) is 7.87. The van der Waals surface area contributed by atoms with Crippen LogP contribution >= 0.6 is 0 Å². The first-order valence-corrected chi connectivity index (χ1v) is 11.0. The lowest BCUT2D eigenvalue weighted by Crippen LogP contribution is -2.20. The van der Waals surface area contributed by atoms with Crippen LogP contribution in [0.15, 0.2) is 66.7 Å². The summed E-state index contributed by atoms with van der Waals surface area (Å²) < 4.78 is 63.4. The van der Waals surface area contributed by atoms with Crippen LogP contribution in [-0.2, 0) is 6.18 Å². The Bertz CT molecular complexity index is 1510. The average molecular weight is 528 g/mol. The van der Waals surface area contributed by atoms with Gasteiger partial charge in [0.2, 0.25) is 0 Å². The molecule has 12 heteroatoms. The Morgan fingerprint density at radius 3 is 2.18 bits per heavy atom. The number of nitrogens with one attached hydrogen (secondary N) is 3. The van der Waals surface area contributed by atoms with Crippen molar-refractivity contribution in [2.24, 2.45) is 0 Å². The number of alkyl halides is 3. The van der Waals surface area contributed by atoms with Gasteiger partial charge in [-0.2, -0.15) is 13.2 Å². The monoisotopic (exact) mass is 528 g/mol. The van der Waals surface area contributed by atoms with E-state index in [2.05, 4.69) is 20.9 Å². The van der Waals surface area contributed by atoms with Gasteiger partial charge >= 0.3 is 12.2 Å². The predicted molar refractivity (Wildman–Crippen MR) is 132 cm³/mol. The molecule has 1 aromatic heterocycles. The van der Waals surface area contributed by atoms with E-state index in [1.54, 1.807) is 30.3 Å². The van der Waals surface area contributed by atoms with E-state index in [9.17, 15) is 27.2 Å². The average Bonchev–Trinajstić information content (AvgIpc) is 2.89. The number of pyridine rings is 1. The summed E-state index contributed by atoms with van der Waals surface area (Å²) in [6.07, 6.45) is -4.90. The van der Waals surface area contributed by atoms with Crippen LogP contribution in [0.4, 0.5) is 33.7 Å². The summed E-state index contributed by atoms with van der Waals surface area (Å²) in [4.78, 5) is 28.8. The fraction of sp³-hybridized carbons (Fsp3) is 0.115. The van der Waals surface area contributed by atoms with Gasteiger partial charge < -0.3 is 25.4 Å². The molecule has 0 atom stereocenters. The third kappa shape index (κ3) is 5.91. The molecule has 0 aliphatic heterocycles. The van der Waals surface area contributed by atoms with Gasteiger partial charge in [-0.25, -0.2) is 14.2 Å². The maximum atomic E-state index is 13.5. The lowest BCUT2D eigenvalue weighted by Gasteiger charge is -2.13. The number of ether oxygens (including phenoxy) is 2. The number of fused-ring (bicyclic) bond motifs is 1. The number of hydrogen-bond acceptors (Lipinski definition) is 5. The third-order valence-electron chi connectivity index (χ3n) is 5.31. The number of aromatic nitrogens is 1. The summed E-state index contributed by atoms with van der Waals surface area (Å²) in [5.41, 5.74) is -0.767. The van der Waals surface area contributed by atoms with E-state index < -0.39 is 29.5 Å². The quantitative estimate of drug-likeness (QED) is 0.259. The van der Waals surface area contributed by atoms with Crippen LogP contribution < -0.4 is 25.4 Å². The van der Waals surface area contributed by atoms with Crippen LogP contribution in [0.5, 0.6) is 17.2 Å². The van der Waals surface area contributed by atoms with Crippen LogP contribution in [0.25, 0.3) is 10.9 Å². The molecule has 3 N–H and O–H groups in total. The second kappa shape index (κ2) is 10.6. The Kier molecular flexibility index (Phi) is 7.33. The Morgan fingerprint density at radius 2 is 1.53 bits per heavy atom. The highest BCUT2D eigenvalue weighted by Gasteiger charge is 2.34. The van der Waals surface area contributed by atoms with Crippen molar-refractivity contribution in [1.29, 1.82) is 0 Å². The van der Waals surface area contributed by atoms with E-state index in [0.717, 1.165) is 6.07 Å². The molecule has 8 nitrogen and oxygen atoms in total. The second-order valence-electron chi connectivity index (χ2n) is 7.87. The molecule has 3 amide bonds. The minimum absolute atomic E-state index is 0.143. The van der Waals surface area contributed by atoms with Crippen molar-refractivity contribution in [3.05, 3.63) is 83.8 Å². The van der Waals surface area contributed by atoms with Crippen LogP contribution in [-0.4, -0.2) is 31.1 Å². The van der Waals surface area contributed by atoms with Crippen molar-refractivity contribution in [2.45, 2.75) is 6.18 Å². The molecular weight excluding hydrogens is 508 g/mol. The molecule has 0 fully saturated rings. The number of anilines is 2. The smallest absolute Gasteiger partial charge is 0.419 e. The van der Waals surface area contributed by atoms with Crippen LogP contribution in [0.3, 0.4) is 0 Å². The summed E-state index contributed by atoms with van der Waals surface area (Å²) in [5, 5.41) is 7.81. The van der Waals surface area contributed by atoms with Gasteiger partial charge in [0, 0.05) is 29.9 Å². The highest BCUT2D eigenvalue weighted by Crippen LogP contribution is 2.34. The topological polar surface area (TPSA) is 102 Å². The maximum Gasteiger partial charge on any atom is 0.419 e. The standard InChI is InChI=1S/C26H20F4N4O4/c1-31-24(35)22-13-23(18-12-17(37-2)8-10-21(18)34-22)38-16-6-3-14(4-7-16)32-25(36)33-15-5-9-20(27)19(11-15)26(28,29)30/h3-13H,1-2H3,(H,31,35)(H2,32,33,36). The van der Waals surface area contributed by atoms with Gasteiger partial charge in [0.25, 0.3) is 5.91 Å². The molecule has 0 saturated heterocycles. The maximum absolute atomic E-state index is 13.5. The number of carbonyl (C=O) groups excluding carboxylic acids is 2. The number of methoxy groups -OCH3 is 1. The Labute approximate surface area is 213 Å². The number of benzene rings is 3. The fourth-order valence-corrected chi connectivity index (χ4v) is 3.48. The predicted octanol–water partition coefficient (Wildman–Crippen LogP) is 6.20. The van der Waals surface area contributed by atoms with Gasteiger partial charge in [-0.1, -0.05) is 0 Å². The van der Waals surface area contributed by atoms with Crippen molar-refractivity contribution < 1.29 is 36.6 Å². The molecule has 0 bridgehead atoms. The SMILES string of the molecule is CNC(=O)c1cc(Oc2ccc(NC(=O)Nc3ccc(F)c(C(F)(F)F)c3)cc2)c2cc(OC)ccc2n1. The molecule has 0 saturated carbocycles. The summed E-state index contributed by atoms with van der Waals surface area (Å²) in [7, 11) is 3.00. The van der Waals surface area contributed by atoms with E-state index in [-0.39, 0.29) is 11.4 Å². The summed E-state index contributed by atoms with van der Waals surface area (Å²) in [5.74, 6) is -0.584. The van der Waals surface area contributed by atoms with E-state index in [4.69, 9.17) is 9.47 Å². The van der Waals surface area contributed by atoms with Gasteiger partial charge in [0.15, 0.2) is 0 Å². The molecule has 38 heavy (non-hydrogen) atoms. The van der Waals surface area contributed by atoms with Crippen molar-refractivity contribution in [3.63, 3.8) is 0 Å². The Morgan fingerprint density at radius 1 is 0.868 bits per heavy atom. The highest BCUT2D eigenvalue weighted by molar-refractivity contribution is 6.00. The zero-order valence-corrected chi connectivity index (χ0v) is 19.9. The molecule has 0 unspecified atom stereocenters. The van der Waals surface area contributed by atoms with Crippen molar-refractivity contribution in [2.75, 3.05) is 24.8 Å². The summed E-state index contributed by atoms with van der Waals surface area (Å²) in [6.45, 7) is 0. The van der Waals surface area contributed by atoms with Crippen LogP contribution in [0.1, 0.15) is 16.1 Å². The molecular formula is C26H20F4N4O4. The number of amides is 3. The van der Waals surface area contributed by atoms with Crippen molar-refractivity contribution in [1.82, 2.24) is 10.3 Å². The van der Waals surface area contributed by atoms with Gasteiger partial charge in [-0.05, 0) is 60.7 Å². The molecule has 0 aliphatic carbocycles. The summed E-state index contributed by atoms with van der Waals surface area (Å²) in [6, 6.07) is 14.0. The first kappa shape index (κ1) is 26.2. The third-order valence-corrected chi connectivity index (χ3v) is 5.31. The minimum atomic E-state index is -4.90. The lowest BCUT2D eigenvalue weighted by atomic mass is 10.1. The fourth-order valence-electron chi connectivity index (χ4n) is 3.48. The number of urea groups is 1. The van der Waals surface area contributed by atoms with Crippen molar-refractivity contribution >= 4 is 34.2 Å². The van der Waals surface area contributed by atoms with Crippen LogP contribution in [0.2, 0.25) is 0 Å². The molecule has 4 rings (SSSR count). The molecule has 3 aromatic carbocycles. The first-order chi connectivity index (χ1) is 18.1. The van der Waals surface area contributed by atoms with Crippen molar-refractivity contribution in [3.8, 4) is 17.2 Å². The van der Waals surface area contributed by atoms with E-state index in [1.165, 1.54) is 32.4 Å². The summed E-state index contributed by atoms with van der Waals surface area (Å²) >= 11 is 0. The number of rotatable bonds is 6. The largest absolute Gasteiger partial charge is 0.497 e. The molecule has 0 radical (unpaired) electrons. The zero-order chi connectivity index (χ0) is 27.4. The minimum Gasteiger partial charge on any atom is -0.497 e. The van der Waals surface area contributed by atoms with Gasteiger partial charge in [0.05, 0.1) is 18.2 Å². The number of nitrogens with zero attached hydrogens (tertiary/aromatic N) is 1. The number of halogens is 4. The lowest BCUT2D eigenvalue weighted by molar-refractivity contribution is -0.139. The molecule has 0 aliphatic rings. The van der Waals surface area contributed by atoms with Gasteiger partial charge in [-0.3, -0.25) is 4.79 Å². The first-order valence-electron chi connectivity index (χ1n) is 11.0. The van der Waals surface area contributed by atoms with Crippen LogP contribution in [0, 0.1) is 5.82 Å². The van der Waals surface area contributed by atoms with E-state index >= 15 is 0 Å². The normalized spacial score (nSPS) is 11.1. The molecule has 196 valence electrons. The van der Waals surface area contributed by atoms with Gasteiger partial charge in [0.1, 0.15) is 28.8 Å². The Balaban J connectivity index is 1.51. The molecule has 4 aromatic rings. The Hall–Kier alpha value is -4.87. The van der Waals surface area contributed by atoms with Gasteiger partial charge in [-0.15, -0.1) is 0 Å². The number of carbonyl (C=O) groups is 2. The highest BCUT2D eigenvalue weighted by atomic mass is 19.4. The van der Waals surface area contributed by atoms with E-state index in [1.807, 2.05) is 0 Å². The number of hydrogen-bond donors (Lipinski definition) is 3. The molecule has 0 spiro atoms. The zero-order valence-electron chi connectivity index (χ0n) is 19.9. The van der Waals surface area contributed by atoms with E-state index in [0.29, 0.717) is 46.0 Å². The molecule has 1 heterocycles.